The van der Waals surface area contributed by atoms with Crippen molar-refractivity contribution < 1.29 is 17.9 Å². The summed E-state index contributed by atoms with van der Waals surface area (Å²) in [5.41, 5.74) is 3.94. The Morgan fingerprint density at radius 2 is 1.92 bits per heavy atom. The van der Waals surface area contributed by atoms with Crippen LogP contribution >= 0.6 is 0 Å². The SMILES string of the molecule is Cc1cc(C)c(NC(=O)NC[C@@H]2CN(S(C)(=O)=O)CCO2)c(C)c1. The number of rotatable bonds is 4. The number of carbonyl (C=O) groups excluding carboxylic acids is 1. The van der Waals surface area contributed by atoms with Crippen molar-refractivity contribution >= 4 is 21.7 Å². The number of carbonyl (C=O) groups is 1. The number of morpholine rings is 1. The van der Waals surface area contributed by atoms with E-state index in [1.807, 2.05) is 32.9 Å². The molecule has 0 unspecified atom stereocenters. The molecule has 0 aromatic heterocycles. The Labute approximate surface area is 143 Å². The molecule has 0 radical (unpaired) electrons. The lowest BCUT2D eigenvalue weighted by molar-refractivity contribution is 0.00167. The zero-order valence-electron chi connectivity index (χ0n) is 14.5. The molecular weight excluding hydrogens is 330 g/mol. The number of aryl methyl sites for hydroxylation is 3. The average molecular weight is 355 g/mol. The monoisotopic (exact) mass is 355 g/mol. The molecule has 1 saturated heterocycles. The first-order chi connectivity index (χ1) is 11.2. The van der Waals surface area contributed by atoms with Crippen LogP contribution in [0, 0.1) is 20.8 Å². The van der Waals surface area contributed by atoms with Crippen molar-refractivity contribution in [2.24, 2.45) is 0 Å². The fourth-order valence-corrected chi connectivity index (χ4v) is 3.70. The second-order valence-electron chi connectivity index (χ2n) is 6.22. The predicted octanol–water partition coefficient (Wildman–Crippen LogP) is 1.39. The molecule has 1 aromatic rings. The number of nitrogens with zero attached hydrogens (tertiary/aromatic N) is 1. The van der Waals surface area contributed by atoms with Crippen LogP contribution in [-0.4, -0.2) is 57.4 Å². The van der Waals surface area contributed by atoms with Crippen LogP contribution in [0.2, 0.25) is 0 Å². The van der Waals surface area contributed by atoms with Gasteiger partial charge in [0, 0.05) is 25.3 Å². The van der Waals surface area contributed by atoms with Crippen molar-refractivity contribution in [3.05, 3.63) is 28.8 Å². The van der Waals surface area contributed by atoms with Crippen LogP contribution in [0.25, 0.3) is 0 Å². The molecule has 1 aliphatic heterocycles. The van der Waals surface area contributed by atoms with Gasteiger partial charge in [-0.1, -0.05) is 17.7 Å². The highest BCUT2D eigenvalue weighted by Gasteiger charge is 2.26. The molecule has 1 heterocycles. The Kier molecular flexibility index (Phi) is 5.84. The minimum Gasteiger partial charge on any atom is -0.374 e. The minimum absolute atomic E-state index is 0.252. The average Bonchev–Trinajstić information content (AvgIpc) is 2.48. The Balaban J connectivity index is 1.90. The van der Waals surface area contributed by atoms with Gasteiger partial charge < -0.3 is 15.4 Å². The lowest BCUT2D eigenvalue weighted by Crippen LogP contribution is -2.49. The summed E-state index contributed by atoms with van der Waals surface area (Å²) in [7, 11) is -3.24. The molecule has 1 aliphatic rings. The highest BCUT2D eigenvalue weighted by atomic mass is 32.2. The topological polar surface area (TPSA) is 87.7 Å². The molecule has 2 rings (SSSR count). The summed E-state index contributed by atoms with van der Waals surface area (Å²) in [6.07, 6.45) is 0.831. The predicted molar refractivity (Wildman–Crippen MR) is 93.8 cm³/mol. The first-order valence-electron chi connectivity index (χ1n) is 7.86. The number of ether oxygens (including phenoxy) is 1. The van der Waals surface area contributed by atoms with Gasteiger partial charge in [0.1, 0.15) is 0 Å². The van der Waals surface area contributed by atoms with Crippen molar-refractivity contribution in [3.8, 4) is 0 Å². The van der Waals surface area contributed by atoms with E-state index in [4.69, 9.17) is 4.74 Å². The minimum atomic E-state index is -3.24. The fourth-order valence-electron chi connectivity index (χ4n) is 2.86. The third-order valence-corrected chi connectivity index (χ3v) is 5.25. The Morgan fingerprint density at radius 3 is 2.50 bits per heavy atom. The second-order valence-corrected chi connectivity index (χ2v) is 8.20. The number of hydrogen-bond donors (Lipinski definition) is 2. The normalized spacial score (nSPS) is 19.1. The molecule has 0 saturated carbocycles. The molecule has 1 atom stereocenters. The number of hydrogen-bond acceptors (Lipinski definition) is 4. The number of benzene rings is 1. The molecule has 8 heteroatoms. The standard InChI is InChI=1S/C16H25N3O4S/c1-11-7-12(2)15(13(3)8-11)18-16(20)17-9-14-10-19(5-6-23-14)24(4,21)22/h7-8,14H,5-6,9-10H2,1-4H3,(H2,17,18,20)/t14-/m1/s1. The number of sulfonamides is 1. The van der Waals surface area contributed by atoms with E-state index in [1.54, 1.807) is 0 Å². The van der Waals surface area contributed by atoms with Crippen molar-refractivity contribution in [1.29, 1.82) is 0 Å². The van der Waals surface area contributed by atoms with Gasteiger partial charge in [-0.25, -0.2) is 13.2 Å². The highest BCUT2D eigenvalue weighted by molar-refractivity contribution is 7.88. The van der Waals surface area contributed by atoms with E-state index in [-0.39, 0.29) is 25.2 Å². The zero-order chi connectivity index (χ0) is 17.9. The number of nitrogens with one attached hydrogen (secondary N) is 2. The number of anilines is 1. The smallest absolute Gasteiger partial charge is 0.319 e. The first kappa shape index (κ1) is 18.7. The quantitative estimate of drug-likeness (QED) is 0.854. The maximum Gasteiger partial charge on any atom is 0.319 e. The van der Waals surface area contributed by atoms with E-state index >= 15 is 0 Å². The van der Waals surface area contributed by atoms with Gasteiger partial charge in [-0.3, -0.25) is 0 Å². The van der Waals surface area contributed by atoms with Crippen molar-refractivity contribution in [2.75, 3.05) is 37.8 Å². The van der Waals surface area contributed by atoms with Gasteiger partial charge in [0.05, 0.1) is 19.0 Å². The van der Waals surface area contributed by atoms with Crippen LogP contribution in [0.3, 0.4) is 0 Å². The van der Waals surface area contributed by atoms with Crippen LogP contribution in [-0.2, 0) is 14.8 Å². The van der Waals surface area contributed by atoms with Gasteiger partial charge in [-0.2, -0.15) is 4.31 Å². The summed E-state index contributed by atoms with van der Waals surface area (Å²) in [6, 6.07) is 3.69. The summed E-state index contributed by atoms with van der Waals surface area (Å²) >= 11 is 0. The Hall–Kier alpha value is -1.64. The summed E-state index contributed by atoms with van der Waals surface area (Å²) in [6.45, 7) is 7.09. The van der Waals surface area contributed by atoms with Gasteiger partial charge in [0.15, 0.2) is 0 Å². The van der Waals surface area contributed by atoms with E-state index in [0.717, 1.165) is 22.4 Å². The van der Waals surface area contributed by atoms with Crippen molar-refractivity contribution in [3.63, 3.8) is 0 Å². The maximum absolute atomic E-state index is 12.1. The van der Waals surface area contributed by atoms with Crippen LogP contribution < -0.4 is 10.6 Å². The third-order valence-electron chi connectivity index (χ3n) is 3.98. The molecule has 2 N–H and O–H groups in total. The van der Waals surface area contributed by atoms with Gasteiger partial charge >= 0.3 is 6.03 Å². The molecule has 2 amide bonds. The molecule has 0 aliphatic carbocycles. The number of amides is 2. The van der Waals surface area contributed by atoms with Gasteiger partial charge in [-0.15, -0.1) is 0 Å². The molecule has 134 valence electrons. The Morgan fingerprint density at radius 1 is 1.29 bits per heavy atom. The highest BCUT2D eigenvalue weighted by Crippen LogP contribution is 2.21. The molecule has 1 aromatic carbocycles. The van der Waals surface area contributed by atoms with E-state index in [2.05, 4.69) is 10.6 Å². The summed E-state index contributed by atoms with van der Waals surface area (Å²) in [5.74, 6) is 0. The van der Waals surface area contributed by atoms with Crippen LogP contribution in [0.15, 0.2) is 12.1 Å². The number of urea groups is 1. The lowest BCUT2D eigenvalue weighted by atomic mass is 10.1. The maximum atomic E-state index is 12.1. The third kappa shape index (κ3) is 4.93. The summed E-state index contributed by atoms with van der Waals surface area (Å²) < 4.78 is 30.1. The summed E-state index contributed by atoms with van der Waals surface area (Å²) in [4.78, 5) is 12.1. The van der Waals surface area contributed by atoms with Gasteiger partial charge in [0.25, 0.3) is 0 Å². The lowest BCUT2D eigenvalue weighted by Gasteiger charge is -2.31. The van der Waals surface area contributed by atoms with Crippen molar-refractivity contribution in [2.45, 2.75) is 26.9 Å². The molecule has 7 nitrogen and oxygen atoms in total. The van der Waals surface area contributed by atoms with E-state index < -0.39 is 10.0 Å². The van der Waals surface area contributed by atoms with Gasteiger partial charge in [-0.05, 0) is 31.9 Å². The molecule has 0 bridgehead atoms. The van der Waals surface area contributed by atoms with E-state index in [0.29, 0.717) is 13.2 Å². The van der Waals surface area contributed by atoms with Gasteiger partial charge in [0.2, 0.25) is 10.0 Å². The largest absolute Gasteiger partial charge is 0.374 e. The first-order valence-corrected chi connectivity index (χ1v) is 9.71. The molecule has 0 spiro atoms. The van der Waals surface area contributed by atoms with E-state index in [1.165, 1.54) is 10.6 Å². The fraction of sp³-hybridized carbons (Fsp3) is 0.562. The summed E-state index contributed by atoms with van der Waals surface area (Å²) in [5, 5.41) is 5.59. The molecule has 24 heavy (non-hydrogen) atoms. The zero-order valence-corrected chi connectivity index (χ0v) is 15.4. The van der Waals surface area contributed by atoms with Crippen LogP contribution in [0.4, 0.5) is 10.5 Å². The van der Waals surface area contributed by atoms with E-state index in [9.17, 15) is 13.2 Å². The van der Waals surface area contributed by atoms with Crippen molar-refractivity contribution in [1.82, 2.24) is 9.62 Å². The Bertz CT molecular complexity index is 695. The van der Waals surface area contributed by atoms with Crippen LogP contribution in [0.1, 0.15) is 16.7 Å². The molecule has 1 fully saturated rings. The second kappa shape index (κ2) is 7.50. The molecular formula is C16H25N3O4S. The van der Waals surface area contributed by atoms with Crippen LogP contribution in [0.5, 0.6) is 0 Å².